The van der Waals surface area contributed by atoms with E-state index in [4.69, 9.17) is 15.2 Å². The maximum absolute atomic E-state index is 12.8. The molecule has 0 atom stereocenters. The summed E-state index contributed by atoms with van der Waals surface area (Å²) in [5.41, 5.74) is 7.81. The Morgan fingerprint density at radius 1 is 1.09 bits per heavy atom. The van der Waals surface area contributed by atoms with Gasteiger partial charge in [-0.2, -0.15) is 0 Å². The number of benzene rings is 1. The molecule has 9 nitrogen and oxygen atoms in total. The molecular weight excluding hydrogens is 448 g/mol. The normalized spacial score (nSPS) is 13.9. The number of primary amides is 1. The molecule has 1 fully saturated rings. The number of rotatable bonds is 11. The van der Waals surface area contributed by atoms with Crippen LogP contribution in [0.2, 0.25) is 0 Å². The summed E-state index contributed by atoms with van der Waals surface area (Å²) in [7, 11) is 0. The van der Waals surface area contributed by atoms with Gasteiger partial charge in [0.15, 0.2) is 6.61 Å². The summed E-state index contributed by atoms with van der Waals surface area (Å²) in [6, 6.07) is 10.2. The summed E-state index contributed by atoms with van der Waals surface area (Å²) in [4.78, 5) is 43.5. The van der Waals surface area contributed by atoms with Gasteiger partial charge < -0.3 is 25.4 Å². The summed E-state index contributed by atoms with van der Waals surface area (Å²) >= 11 is 0. The first kappa shape index (κ1) is 26.2. The molecule has 1 aliphatic rings. The van der Waals surface area contributed by atoms with Crippen LogP contribution in [0, 0.1) is 6.92 Å². The molecule has 3 rings (SSSR count). The van der Waals surface area contributed by atoms with Gasteiger partial charge in [0.2, 0.25) is 0 Å². The number of hydrogen-bond acceptors (Lipinski definition) is 6. The van der Waals surface area contributed by atoms with Gasteiger partial charge in [-0.05, 0) is 50.5 Å². The number of aryl methyl sites for hydroxylation is 1. The smallest absolute Gasteiger partial charge is 0.260 e. The van der Waals surface area contributed by atoms with Crippen molar-refractivity contribution in [1.82, 2.24) is 15.2 Å². The van der Waals surface area contributed by atoms with Crippen molar-refractivity contribution in [2.75, 3.05) is 39.5 Å². The molecule has 3 N–H and O–H groups in total. The molecule has 0 saturated carbocycles. The zero-order valence-corrected chi connectivity index (χ0v) is 20.4. The number of piperidine rings is 1. The number of likely N-dealkylation sites (tertiary alicyclic amines) is 1. The van der Waals surface area contributed by atoms with Gasteiger partial charge in [0, 0.05) is 37.9 Å². The summed E-state index contributed by atoms with van der Waals surface area (Å²) in [5, 5.41) is 2.91. The number of nitrogens with zero attached hydrogens (tertiary/aromatic N) is 2. The molecule has 0 aliphatic carbocycles. The molecule has 9 heteroatoms. The van der Waals surface area contributed by atoms with Crippen LogP contribution in [0.25, 0.3) is 0 Å². The largest absolute Gasteiger partial charge is 0.483 e. The fraction of sp³-hybridized carbons (Fsp3) is 0.462. The molecule has 1 aliphatic heterocycles. The Hall–Kier alpha value is -3.46. The molecule has 0 unspecified atom stereocenters. The van der Waals surface area contributed by atoms with Gasteiger partial charge in [-0.25, -0.2) is 0 Å². The van der Waals surface area contributed by atoms with Crippen molar-refractivity contribution in [3.63, 3.8) is 0 Å². The van der Waals surface area contributed by atoms with Crippen molar-refractivity contribution in [2.24, 2.45) is 5.73 Å². The van der Waals surface area contributed by atoms with E-state index < -0.39 is 5.91 Å². The van der Waals surface area contributed by atoms with Crippen LogP contribution in [-0.4, -0.2) is 67.1 Å². The number of pyridine rings is 1. The number of aromatic nitrogens is 1. The van der Waals surface area contributed by atoms with Gasteiger partial charge in [-0.1, -0.05) is 19.1 Å². The monoisotopic (exact) mass is 482 g/mol. The average Bonchev–Trinajstić information content (AvgIpc) is 2.87. The van der Waals surface area contributed by atoms with Crippen molar-refractivity contribution in [3.8, 4) is 5.75 Å². The molecule has 1 aromatic heterocycles. The maximum Gasteiger partial charge on any atom is 0.260 e. The minimum absolute atomic E-state index is 0.0764. The summed E-state index contributed by atoms with van der Waals surface area (Å²) < 4.78 is 11.0. The Balaban J connectivity index is 1.56. The molecule has 2 aromatic rings. The highest BCUT2D eigenvalue weighted by Gasteiger charge is 2.28. The summed E-state index contributed by atoms with van der Waals surface area (Å²) in [5.74, 6) is -0.555. The van der Waals surface area contributed by atoms with Gasteiger partial charge in [0.1, 0.15) is 5.75 Å². The zero-order chi connectivity index (χ0) is 25.2. The first-order valence-electron chi connectivity index (χ1n) is 12.0. The third-order valence-electron chi connectivity index (χ3n) is 5.93. The molecule has 188 valence electrons. The lowest BCUT2D eigenvalue weighted by molar-refractivity contribution is -0.134. The Labute approximate surface area is 206 Å². The van der Waals surface area contributed by atoms with Gasteiger partial charge in [0.25, 0.3) is 17.7 Å². The van der Waals surface area contributed by atoms with Crippen molar-refractivity contribution in [2.45, 2.75) is 39.0 Å². The van der Waals surface area contributed by atoms with Crippen LogP contribution in [0.5, 0.6) is 5.75 Å². The molecule has 0 radical (unpaired) electrons. The van der Waals surface area contributed by atoms with Crippen molar-refractivity contribution < 1.29 is 23.9 Å². The second-order valence-electron chi connectivity index (χ2n) is 8.56. The van der Waals surface area contributed by atoms with Crippen LogP contribution >= 0.6 is 0 Å². The Morgan fingerprint density at radius 3 is 2.54 bits per heavy atom. The maximum atomic E-state index is 12.8. The second kappa shape index (κ2) is 12.9. The van der Waals surface area contributed by atoms with Crippen LogP contribution < -0.4 is 15.8 Å². The molecule has 35 heavy (non-hydrogen) atoms. The predicted octanol–water partition coefficient (Wildman–Crippen LogP) is 2.43. The van der Waals surface area contributed by atoms with E-state index in [1.807, 2.05) is 26.0 Å². The number of ether oxygens (including phenoxy) is 2. The van der Waals surface area contributed by atoms with E-state index in [9.17, 15) is 14.4 Å². The van der Waals surface area contributed by atoms with E-state index in [2.05, 4.69) is 10.3 Å². The lowest BCUT2D eigenvalue weighted by Crippen LogP contribution is -2.41. The van der Waals surface area contributed by atoms with Crippen molar-refractivity contribution >= 4 is 17.7 Å². The molecule has 0 bridgehead atoms. The third kappa shape index (κ3) is 7.26. The highest BCUT2D eigenvalue weighted by Crippen LogP contribution is 2.29. The van der Waals surface area contributed by atoms with Crippen LogP contribution in [0.1, 0.15) is 64.2 Å². The Bertz CT molecular complexity index is 1030. The molecule has 0 spiro atoms. The number of nitrogens with one attached hydrogen (secondary N) is 1. The fourth-order valence-electron chi connectivity index (χ4n) is 4.09. The van der Waals surface area contributed by atoms with Crippen molar-refractivity contribution in [1.29, 1.82) is 0 Å². The number of nitrogens with two attached hydrogens (primary N) is 1. The number of carbonyl (C=O) groups is 3. The van der Waals surface area contributed by atoms with E-state index in [1.165, 1.54) is 0 Å². The molecule has 2 heterocycles. The highest BCUT2D eigenvalue weighted by atomic mass is 16.5. The van der Waals surface area contributed by atoms with E-state index in [1.54, 1.807) is 29.2 Å². The van der Waals surface area contributed by atoms with E-state index in [-0.39, 0.29) is 29.9 Å². The molecule has 3 amide bonds. The van der Waals surface area contributed by atoms with Crippen LogP contribution in [0.4, 0.5) is 0 Å². The van der Waals surface area contributed by atoms with Gasteiger partial charge >= 0.3 is 0 Å². The van der Waals surface area contributed by atoms with Gasteiger partial charge in [-0.15, -0.1) is 0 Å². The minimum atomic E-state index is -0.604. The highest BCUT2D eigenvalue weighted by molar-refractivity contribution is 5.96. The van der Waals surface area contributed by atoms with Crippen LogP contribution in [-0.2, 0) is 9.53 Å². The molecule has 1 aromatic carbocycles. The summed E-state index contributed by atoms with van der Waals surface area (Å²) in [6.07, 6.45) is 2.33. The van der Waals surface area contributed by atoms with Crippen LogP contribution in [0.15, 0.2) is 36.4 Å². The SMILES string of the molecule is CCCOCCNC(=O)c1ccc(C)nc1C1CCN(C(=O)COc2ccccc2C(N)=O)CC1. The number of para-hydroxylation sites is 1. The minimum Gasteiger partial charge on any atom is -0.483 e. The van der Waals surface area contributed by atoms with Crippen molar-refractivity contribution in [3.05, 3.63) is 58.9 Å². The predicted molar refractivity (Wildman–Crippen MR) is 131 cm³/mol. The topological polar surface area (TPSA) is 124 Å². The zero-order valence-electron chi connectivity index (χ0n) is 20.4. The number of carbonyl (C=O) groups excluding carboxylic acids is 3. The lowest BCUT2D eigenvalue weighted by Gasteiger charge is -2.32. The number of hydrogen-bond donors (Lipinski definition) is 2. The molecule has 1 saturated heterocycles. The van der Waals surface area contributed by atoms with E-state index in [0.29, 0.717) is 57.0 Å². The Kier molecular flexibility index (Phi) is 9.60. The number of amides is 3. The first-order valence-corrected chi connectivity index (χ1v) is 12.0. The molecular formula is C26H34N4O5. The summed E-state index contributed by atoms with van der Waals surface area (Å²) in [6.45, 7) is 6.43. The van der Waals surface area contributed by atoms with Crippen LogP contribution in [0.3, 0.4) is 0 Å². The standard InChI is InChI=1S/C26H34N4O5/c1-3-15-34-16-12-28-26(33)21-9-8-18(2)29-24(21)19-10-13-30(14-11-19)23(31)17-35-22-7-5-4-6-20(22)25(27)32/h4-9,19H,3,10-17H2,1-2H3,(H2,27,32)(H,28,33). The second-order valence-corrected chi connectivity index (χ2v) is 8.56. The lowest BCUT2D eigenvalue weighted by atomic mass is 9.89. The quantitative estimate of drug-likeness (QED) is 0.474. The fourth-order valence-corrected chi connectivity index (χ4v) is 4.09. The van der Waals surface area contributed by atoms with E-state index in [0.717, 1.165) is 17.8 Å². The Morgan fingerprint density at radius 2 is 1.83 bits per heavy atom. The van der Waals surface area contributed by atoms with E-state index >= 15 is 0 Å². The third-order valence-corrected chi connectivity index (χ3v) is 5.93. The van der Waals surface area contributed by atoms with Gasteiger partial charge in [-0.3, -0.25) is 19.4 Å². The first-order chi connectivity index (χ1) is 16.9. The average molecular weight is 483 g/mol. The van der Waals surface area contributed by atoms with Gasteiger partial charge in [0.05, 0.1) is 23.4 Å².